The van der Waals surface area contributed by atoms with E-state index < -0.39 is 11.2 Å². The summed E-state index contributed by atoms with van der Waals surface area (Å²) in [5.41, 5.74) is 0.506. The SMILES string of the molecule is CC(=O)O[C@H]1CC(C)(C)[C@]2(/C=C/C(C)=C/C=C/C=C/C=C(C)/C=C3C=C(/C=C/[C@@]45O[C@]4(C)C[C@@H](O)CC5(C)C)C(=O)O\3)O[C@]2(C)C1. The lowest BCUT2D eigenvalue weighted by atomic mass is 9.63. The van der Waals surface area contributed by atoms with Gasteiger partial charge < -0.3 is 24.1 Å². The van der Waals surface area contributed by atoms with E-state index in [9.17, 15) is 14.7 Å². The van der Waals surface area contributed by atoms with Gasteiger partial charge in [-0.05, 0) is 76.5 Å². The number of allylic oxidation sites excluding steroid dienone is 11. The highest BCUT2D eigenvalue weighted by molar-refractivity contribution is 5.95. The number of cyclic esters (lactones) is 1. The van der Waals surface area contributed by atoms with Crippen LogP contribution in [0.15, 0.2) is 95.4 Å². The third-order valence-corrected chi connectivity index (χ3v) is 10.6. The average Bonchev–Trinajstić information content (AvgIpc) is 3.69. The highest BCUT2D eigenvalue weighted by atomic mass is 16.6. The monoisotopic (exact) mass is 630 g/mol. The van der Waals surface area contributed by atoms with E-state index in [1.165, 1.54) is 6.92 Å². The first kappa shape index (κ1) is 34.1. The Morgan fingerprint density at radius 1 is 0.826 bits per heavy atom. The Balaban J connectivity index is 1.15. The van der Waals surface area contributed by atoms with Crippen molar-refractivity contribution in [2.75, 3.05) is 0 Å². The summed E-state index contributed by atoms with van der Waals surface area (Å²) in [5, 5.41) is 10.3. The van der Waals surface area contributed by atoms with Crippen molar-refractivity contribution in [1.82, 2.24) is 0 Å². The number of esters is 2. The predicted molar refractivity (Wildman–Crippen MR) is 178 cm³/mol. The highest BCUT2D eigenvalue weighted by Crippen LogP contribution is 2.67. The summed E-state index contributed by atoms with van der Waals surface area (Å²) in [6, 6.07) is 0. The molecule has 0 unspecified atom stereocenters. The van der Waals surface area contributed by atoms with Gasteiger partial charge in [-0.3, -0.25) is 4.79 Å². The van der Waals surface area contributed by atoms with Gasteiger partial charge in [0, 0.05) is 30.6 Å². The van der Waals surface area contributed by atoms with Crippen LogP contribution >= 0.6 is 0 Å². The molecule has 7 heteroatoms. The second kappa shape index (κ2) is 11.8. The first-order chi connectivity index (χ1) is 21.4. The van der Waals surface area contributed by atoms with Crippen molar-refractivity contribution in [3.63, 3.8) is 0 Å². The molecule has 0 aromatic rings. The van der Waals surface area contributed by atoms with Crippen LogP contribution in [0.1, 0.15) is 88.0 Å². The third kappa shape index (κ3) is 6.22. The van der Waals surface area contributed by atoms with Crippen LogP contribution in [0.25, 0.3) is 0 Å². The van der Waals surface area contributed by atoms with Crippen LogP contribution in [0.5, 0.6) is 0 Å². The molecule has 2 aliphatic carbocycles. The molecule has 0 radical (unpaired) electrons. The standard InChI is InChI=1S/C39H50O7/c1-26(16-18-38-35(6,7)24-32(43-28(3)40)25-37(38,9)46-38)14-12-10-11-13-15-27(2)20-31-21-29(33(42)44-31)17-19-39-34(4,5)22-30(41)23-36(39,8)45-39/h10-21,30,32,41H,22-25H2,1-9H3/b12-10+,13-11+,18-16+,19-17+,26-14+,27-15+,31-20+/t30-,32-,36+,37+,38-,39-/m0/s1. The molecule has 5 aliphatic rings. The highest BCUT2D eigenvalue weighted by Gasteiger charge is 2.76. The fourth-order valence-corrected chi connectivity index (χ4v) is 8.36. The molecule has 0 amide bonds. The maximum Gasteiger partial charge on any atom is 0.343 e. The average molecular weight is 631 g/mol. The van der Waals surface area contributed by atoms with Gasteiger partial charge in [0.2, 0.25) is 0 Å². The molecule has 2 saturated carbocycles. The Kier molecular flexibility index (Phi) is 8.72. The number of fused-ring (bicyclic) bond motifs is 2. The zero-order valence-corrected chi connectivity index (χ0v) is 28.8. The maximum atomic E-state index is 12.5. The van der Waals surface area contributed by atoms with E-state index in [0.717, 1.165) is 17.6 Å². The first-order valence-electron chi connectivity index (χ1n) is 16.3. The fraction of sp³-hybridized carbons (Fsp3) is 0.538. The van der Waals surface area contributed by atoms with Gasteiger partial charge in [0.05, 0.1) is 11.7 Å². The van der Waals surface area contributed by atoms with Crippen molar-refractivity contribution in [3.8, 4) is 0 Å². The first-order valence-corrected chi connectivity index (χ1v) is 16.3. The van der Waals surface area contributed by atoms with Crippen LogP contribution < -0.4 is 0 Å². The molecule has 4 fully saturated rings. The lowest BCUT2D eigenvalue weighted by molar-refractivity contribution is -0.149. The molecule has 0 bridgehead atoms. The van der Waals surface area contributed by atoms with Crippen molar-refractivity contribution in [2.24, 2.45) is 10.8 Å². The number of hydrogen-bond acceptors (Lipinski definition) is 7. The number of ether oxygens (including phenoxy) is 4. The maximum absolute atomic E-state index is 12.5. The summed E-state index contributed by atoms with van der Waals surface area (Å²) >= 11 is 0. The van der Waals surface area contributed by atoms with Crippen LogP contribution in [-0.2, 0) is 28.5 Å². The number of aliphatic hydroxyl groups excluding tert-OH is 1. The second-order valence-electron chi connectivity index (χ2n) is 15.4. The Morgan fingerprint density at radius 3 is 2.02 bits per heavy atom. The third-order valence-electron chi connectivity index (χ3n) is 10.6. The zero-order valence-electron chi connectivity index (χ0n) is 28.8. The lowest BCUT2D eigenvalue weighted by Crippen LogP contribution is -2.47. The van der Waals surface area contributed by atoms with Gasteiger partial charge in [0.15, 0.2) is 0 Å². The number of aliphatic hydroxyl groups is 1. The Morgan fingerprint density at radius 2 is 1.41 bits per heavy atom. The lowest BCUT2D eigenvalue weighted by Gasteiger charge is -2.40. The van der Waals surface area contributed by atoms with E-state index in [4.69, 9.17) is 18.9 Å². The van der Waals surface area contributed by atoms with Crippen LogP contribution in [-0.4, -0.2) is 51.7 Å². The fourth-order valence-electron chi connectivity index (χ4n) is 8.36. The smallest absolute Gasteiger partial charge is 0.343 e. The van der Waals surface area contributed by atoms with Crippen molar-refractivity contribution in [2.45, 2.75) is 123 Å². The molecular weight excluding hydrogens is 580 g/mol. The normalized spacial score (nSPS) is 39.2. The van der Waals surface area contributed by atoms with Crippen molar-refractivity contribution >= 4 is 11.9 Å². The molecule has 3 aliphatic heterocycles. The van der Waals surface area contributed by atoms with E-state index >= 15 is 0 Å². The molecule has 3 heterocycles. The van der Waals surface area contributed by atoms with Gasteiger partial charge in [-0.15, -0.1) is 0 Å². The van der Waals surface area contributed by atoms with E-state index in [1.807, 2.05) is 56.4 Å². The van der Waals surface area contributed by atoms with E-state index in [2.05, 4.69) is 59.8 Å². The Bertz CT molecular complexity index is 1530. The van der Waals surface area contributed by atoms with Crippen LogP contribution in [0.4, 0.5) is 0 Å². The number of hydrogen-bond donors (Lipinski definition) is 1. The van der Waals surface area contributed by atoms with Gasteiger partial charge in [0.25, 0.3) is 0 Å². The van der Waals surface area contributed by atoms with Crippen LogP contribution in [0, 0.1) is 10.8 Å². The second-order valence-corrected chi connectivity index (χ2v) is 15.4. The topological polar surface area (TPSA) is 97.9 Å². The van der Waals surface area contributed by atoms with Gasteiger partial charge in [-0.2, -0.15) is 0 Å². The Labute approximate surface area is 274 Å². The van der Waals surface area contributed by atoms with Crippen LogP contribution in [0.3, 0.4) is 0 Å². The predicted octanol–water partition coefficient (Wildman–Crippen LogP) is 7.46. The molecule has 5 rings (SSSR count). The van der Waals surface area contributed by atoms with E-state index in [1.54, 1.807) is 12.2 Å². The van der Waals surface area contributed by atoms with Gasteiger partial charge in [0.1, 0.15) is 34.3 Å². The van der Waals surface area contributed by atoms with Gasteiger partial charge in [-0.25, -0.2) is 4.79 Å². The van der Waals surface area contributed by atoms with E-state index in [-0.39, 0.29) is 46.2 Å². The number of carbonyl (C=O) groups is 2. The molecule has 0 aromatic heterocycles. The quantitative estimate of drug-likeness (QED) is 0.160. The molecular formula is C39H50O7. The molecule has 248 valence electrons. The number of rotatable bonds is 9. The minimum Gasteiger partial charge on any atom is -0.462 e. The molecule has 1 N–H and O–H groups in total. The molecule has 2 saturated heterocycles. The summed E-state index contributed by atoms with van der Waals surface area (Å²) in [7, 11) is 0. The zero-order chi connectivity index (χ0) is 33.8. The van der Waals surface area contributed by atoms with Gasteiger partial charge in [-0.1, -0.05) is 75.8 Å². The summed E-state index contributed by atoms with van der Waals surface area (Å²) < 4.78 is 23.5. The molecule has 0 spiro atoms. The van der Waals surface area contributed by atoms with Crippen molar-refractivity contribution in [1.29, 1.82) is 0 Å². The molecule has 6 atom stereocenters. The van der Waals surface area contributed by atoms with E-state index in [0.29, 0.717) is 30.6 Å². The summed E-state index contributed by atoms with van der Waals surface area (Å²) in [6.07, 6.45) is 25.7. The largest absolute Gasteiger partial charge is 0.462 e. The minimum atomic E-state index is -0.498. The number of carbonyl (C=O) groups excluding carboxylic acids is 2. The molecule has 0 aromatic carbocycles. The minimum absolute atomic E-state index is 0.119. The molecule has 7 nitrogen and oxygen atoms in total. The van der Waals surface area contributed by atoms with Crippen molar-refractivity contribution in [3.05, 3.63) is 95.4 Å². The Hall–Kier alpha value is -3.26. The van der Waals surface area contributed by atoms with Crippen molar-refractivity contribution < 1.29 is 33.6 Å². The summed E-state index contributed by atoms with van der Waals surface area (Å²) in [6.45, 7) is 18.2. The van der Waals surface area contributed by atoms with Gasteiger partial charge >= 0.3 is 11.9 Å². The molecule has 46 heavy (non-hydrogen) atoms. The summed E-state index contributed by atoms with van der Waals surface area (Å²) in [5.74, 6) is -0.123. The van der Waals surface area contributed by atoms with Crippen LogP contribution in [0.2, 0.25) is 0 Å². The number of epoxide rings is 2. The summed E-state index contributed by atoms with van der Waals surface area (Å²) in [4.78, 5) is 24.1.